The highest BCUT2D eigenvalue weighted by Gasteiger charge is 2.48. The molecule has 4 rings (SSSR count). The highest BCUT2D eigenvalue weighted by Crippen LogP contribution is 2.32. The number of carbonyl (C=O) groups excluding carboxylic acids is 2. The van der Waals surface area contributed by atoms with Crippen molar-refractivity contribution in [3.05, 3.63) is 93.9 Å². The lowest BCUT2D eigenvalue weighted by molar-refractivity contribution is -0.124. The van der Waals surface area contributed by atoms with E-state index in [4.69, 9.17) is 4.74 Å². The molecule has 0 saturated carbocycles. The third kappa shape index (κ3) is 3.77. The first-order valence-electron chi connectivity index (χ1n) is 9.31. The molecule has 1 unspecified atom stereocenters. The molecular formula is C22H17F2N3O4. The van der Waals surface area contributed by atoms with Gasteiger partial charge in [-0.25, -0.2) is 13.6 Å². The molecule has 2 aromatic carbocycles. The molecule has 2 heterocycles. The van der Waals surface area contributed by atoms with Crippen molar-refractivity contribution in [2.75, 3.05) is 0 Å². The van der Waals surface area contributed by atoms with Gasteiger partial charge in [0.05, 0.1) is 6.54 Å². The van der Waals surface area contributed by atoms with Crippen molar-refractivity contribution in [1.82, 2.24) is 15.2 Å². The molecule has 7 nitrogen and oxygen atoms in total. The van der Waals surface area contributed by atoms with Crippen LogP contribution >= 0.6 is 0 Å². The summed E-state index contributed by atoms with van der Waals surface area (Å²) in [6.45, 7) is 1.38. The van der Waals surface area contributed by atoms with Gasteiger partial charge in [-0.15, -0.1) is 0 Å². The first-order valence-corrected chi connectivity index (χ1v) is 9.31. The predicted octanol–water partition coefficient (Wildman–Crippen LogP) is 2.96. The number of hydrogen-bond donors (Lipinski definition) is 2. The Kier molecular flexibility index (Phi) is 5.02. The molecule has 1 fully saturated rings. The van der Waals surface area contributed by atoms with Crippen LogP contribution in [0, 0.1) is 18.6 Å². The lowest BCUT2D eigenvalue weighted by Gasteiger charge is -2.27. The molecule has 1 aliphatic heterocycles. The zero-order valence-electron chi connectivity index (χ0n) is 16.3. The summed E-state index contributed by atoms with van der Waals surface area (Å²) in [5.74, 6) is -2.18. The number of imide groups is 1. The maximum atomic E-state index is 14.8. The average molecular weight is 425 g/mol. The molecule has 1 aromatic heterocycles. The van der Waals surface area contributed by atoms with E-state index in [0.29, 0.717) is 5.56 Å². The van der Waals surface area contributed by atoms with E-state index in [-0.39, 0.29) is 29.2 Å². The predicted molar refractivity (Wildman–Crippen MR) is 107 cm³/mol. The molecule has 9 heteroatoms. The minimum Gasteiger partial charge on any atom is -0.454 e. The first kappa shape index (κ1) is 20.3. The summed E-state index contributed by atoms with van der Waals surface area (Å²) < 4.78 is 34.8. The van der Waals surface area contributed by atoms with Crippen LogP contribution < -0.4 is 20.9 Å². The van der Waals surface area contributed by atoms with Crippen molar-refractivity contribution in [1.29, 1.82) is 0 Å². The molecule has 0 radical (unpaired) electrons. The van der Waals surface area contributed by atoms with Crippen LogP contribution in [0.5, 0.6) is 11.5 Å². The number of amides is 3. The molecule has 1 atom stereocenters. The fraction of sp³-hybridized carbons (Fsp3) is 0.136. The van der Waals surface area contributed by atoms with Crippen LogP contribution in [0.3, 0.4) is 0 Å². The number of halogens is 2. The highest BCUT2D eigenvalue weighted by molar-refractivity contribution is 6.07. The Hall–Kier alpha value is -4.01. The van der Waals surface area contributed by atoms with E-state index in [0.717, 1.165) is 12.1 Å². The second kappa shape index (κ2) is 7.67. The third-order valence-electron chi connectivity index (χ3n) is 5.01. The number of pyridine rings is 1. The number of hydrogen-bond acceptors (Lipinski definition) is 4. The maximum absolute atomic E-state index is 14.8. The molecule has 158 valence electrons. The summed E-state index contributed by atoms with van der Waals surface area (Å²) in [7, 11) is 0. The summed E-state index contributed by atoms with van der Waals surface area (Å²) in [6.07, 6.45) is 1.48. The van der Waals surface area contributed by atoms with Crippen molar-refractivity contribution in [2.24, 2.45) is 0 Å². The largest absolute Gasteiger partial charge is 0.454 e. The van der Waals surface area contributed by atoms with Crippen molar-refractivity contribution >= 4 is 11.9 Å². The minimum absolute atomic E-state index is 0.0968. The maximum Gasteiger partial charge on any atom is 0.322 e. The summed E-state index contributed by atoms with van der Waals surface area (Å²) in [5, 5.41) is 4.66. The van der Waals surface area contributed by atoms with E-state index < -0.39 is 29.1 Å². The van der Waals surface area contributed by atoms with Crippen LogP contribution in [0.25, 0.3) is 0 Å². The number of aryl methyl sites for hydroxylation is 1. The number of benzene rings is 2. The molecule has 1 aliphatic rings. The van der Waals surface area contributed by atoms with Crippen molar-refractivity contribution < 1.29 is 23.1 Å². The molecule has 0 spiro atoms. The smallest absolute Gasteiger partial charge is 0.322 e. The van der Waals surface area contributed by atoms with E-state index in [1.54, 1.807) is 19.1 Å². The average Bonchev–Trinajstić information content (AvgIpc) is 3.01. The number of rotatable bonds is 5. The monoisotopic (exact) mass is 425 g/mol. The summed E-state index contributed by atoms with van der Waals surface area (Å²) in [6, 6.07) is 11.4. The topological polar surface area (TPSA) is 89.4 Å². The van der Waals surface area contributed by atoms with E-state index in [2.05, 4.69) is 10.6 Å². The molecule has 3 aromatic rings. The fourth-order valence-corrected chi connectivity index (χ4v) is 3.44. The summed E-state index contributed by atoms with van der Waals surface area (Å²) >= 11 is 0. The van der Waals surface area contributed by atoms with Crippen molar-refractivity contribution in [3.63, 3.8) is 0 Å². The van der Waals surface area contributed by atoms with Crippen molar-refractivity contribution in [3.8, 4) is 11.5 Å². The molecule has 31 heavy (non-hydrogen) atoms. The standard InChI is InChI=1S/C22H17F2N3O4/c1-13-4-3-9-27(19(13)28)12-22(20(29)25-21(30)26-22)14-7-8-18(17(24)10-14)31-16-6-2-5-15(23)11-16/h2-11H,12H2,1H3,(H2,25,26,29,30). The Morgan fingerprint density at radius 2 is 1.84 bits per heavy atom. The van der Waals surface area contributed by atoms with Crippen LogP contribution in [0.4, 0.5) is 13.6 Å². The van der Waals surface area contributed by atoms with E-state index in [1.165, 1.54) is 41.1 Å². The van der Waals surface area contributed by atoms with Gasteiger partial charge in [0, 0.05) is 17.8 Å². The second-order valence-electron chi connectivity index (χ2n) is 7.14. The number of aromatic nitrogens is 1. The zero-order valence-corrected chi connectivity index (χ0v) is 16.3. The first-order chi connectivity index (χ1) is 14.8. The third-order valence-corrected chi connectivity index (χ3v) is 5.01. The number of carbonyl (C=O) groups is 2. The minimum atomic E-state index is -1.70. The van der Waals surface area contributed by atoms with Gasteiger partial charge in [0.25, 0.3) is 11.5 Å². The molecule has 2 N–H and O–H groups in total. The van der Waals surface area contributed by atoms with Gasteiger partial charge in [0.15, 0.2) is 17.1 Å². The van der Waals surface area contributed by atoms with Gasteiger partial charge in [-0.3, -0.25) is 14.9 Å². The van der Waals surface area contributed by atoms with Crippen LogP contribution in [0.15, 0.2) is 65.6 Å². The van der Waals surface area contributed by atoms with E-state index in [9.17, 15) is 23.2 Å². The van der Waals surface area contributed by atoms with E-state index in [1.807, 2.05) is 0 Å². The van der Waals surface area contributed by atoms with Crippen molar-refractivity contribution in [2.45, 2.75) is 19.0 Å². The molecular weight excluding hydrogens is 408 g/mol. The summed E-state index contributed by atoms with van der Waals surface area (Å²) in [4.78, 5) is 37.1. The Labute approximate surface area is 175 Å². The Morgan fingerprint density at radius 3 is 2.52 bits per heavy atom. The van der Waals surface area contributed by atoms with Gasteiger partial charge in [0.1, 0.15) is 11.6 Å². The lowest BCUT2D eigenvalue weighted by Crippen LogP contribution is -2.49. The number of urea groups is 1. The van der Waals surface area contributed by atoms with Crippen LogP contribution in [0.1, 0.15) is 11.1 Å². The SMILES string of the molecule is Cc1cccn(CC2(c3ccc(Oc4cccc(F)c4)c(F)c3)NC(=O)NC2=O)c1=O. The Morgan fingerprint density at radius 1 is 1.03 bits per heavy atom. The summed E-state index contributed by atoms with van der Waals surface area (Å²) in [5.41, 5.74) is -1.48. The molecule has 0 bridgehead atoms. The second-order valence-corrected chi connectivity index (χ2v) is 7.14. The lowest BCUT2D eigenvalue weighted by atomic mass is 9.89. The highest BCUT2D eigenvalue weighted by atomic mass is 19.1. The number of nitrogens with zero attached hydrogens (tertiary/aromatic N) is 1. The van der Waals surface area contributed by atoms with Gasteiger partial charge in [-0.2, -0.15) is 0 Å². The van der Waals surface area contributed by atoms with Gasteiger partial charge >= 0.3 is 6.03 Å². The zero-order chi connectivity index (χ0) is 22.2. The fourth-order valence-electron chi connectivity index (χ4n) is 3.44. The van der Waals surface area contributed by atoms with Crippen LogP contribution in [0.2, 0.25) is 0 Å². The van der Waals surface area contributed by atoms with Crippen LogP contribution in [-0.2, 0) is 16.9 Å². The molecule has 1 saturated heterocycles. The number of ether oxygens (including phenoxy) is 1. The van der Waals surface area contributed by atoms with Gasteiger partial charge in [0.2, 0.25) is 0 Å². The van der Waals surface area contributed by atoms with Gasteiger partial charge < -0.3 is 14.6 Å². The quantitative estimate of drug-likeness (QED) is 0.615. The van der Waals surface area contributed by atoms with E-state index >= 15 is 0 Å². The molecule has 3 amide bonds. The normalized spacial score (nSPS) is 17.9. The van der Waals surface area contributed by atoms with Gasteiger partial charge in [-0.1, -0.05) is 18.2 Å². The Bertz CT molecular complexity index is 1260. The number of nitrogens with one attached hydrogen (secondary N) is 2. The van der Waals surface area contributed by atoms with Gasteiger partial charge in [-0.05, 0) is 42.8 Å². The molecule has 0 aliphatic carbocycles. The Balaban J connectivity index is 1.73. The van der Waals surface area contributed by atoms with Crippen LogP contribution in [-0.4, -0.2) is 16.5 Å².